The van der Waals surface area contributed by atoms with E-state index >= 15 is 0 Å². The molecule has 0 saturated heterocycles. The van der Waals surface area contributed by atoms with Crippen LogP contribution in [0.3, 0.4) is 0 Å². The monoisotopic (exact) mass is 344 g/mol. The number of hydrogen-bond acceptors (Lipinski definition) is 3. The quantitative estimate of drug-likeness (QED) is 0.444. The van der Waals surface area contributed by atoms with Crippen molar-refractivity contribution in [3.63, 3.8) is 0 Å². The van der Waals surface area contributed by atoms with Crippen LogP contribution in [0.5, 0.6) is 11.5 Å². The summed E-state index contributed by atoms with van der Waals surface area (Å²) in [6.07, 6.45) is 1.80. The highest BCUT2D eigenvalue weighted by Gasteiger charge is 2.02. The second kappa shape index (κ2) is 7.87. The molecule has 0 amide bonds. The molecule has 0 aliphatic heterocycles. The van der Waals surface area contributed by atoms with E-state index in [1.165, 1.54) is 16.7 Å². The Morgan fingerprint density at radius 2 is 1.50 bits per heavy atom. The van der Waals surface area contributed by atoms with Crippen LogP contribution in [-0.4, -0.2) is 6.21 Å². The number of hydrazone groups is 1. The lowest BCUT2D eigenvalue weighted by molar-refractivity contribution is 0.478. The van der Waals surface area contributed by atoms with Crippen LogP contribution in [0.25, 0.3) is 0 Å². The smallest absolute Gasteiger partial charge is 0.130 e. The fraction of sp³-hybridized carbons (Fsp3) is 0.174. The van der Waals surface area contributed by atoms with Crippen molar-refractivity contribution in [2.45, 2.75) is 27.7 Å². The standard InChI is InChI=1S/C23H24N2O/c1-16-5-6-18(3)23(13-16)26-22-11-8-20(9-12-22)15-24-25-21-10-7-17(2)19(4)14-21/h5-15,25H,1-4H3. The van der Waals surface area contributed by atoms with Gasteiger partial charge >= 0.3 is 0 Å². The van der Waals surface area contributed by atoms with Crippen LogP contribution in [0.2, 0.25) is 0 Å². The SMILES string of the molecule is Cc1ccc(C)c(Oc2ccc(C=NNc3ccc(C)c(C)c3)cc2)c1. The van der Waals surface area contributed by atoms with Gasteiger partial charge in [-0.05, 0) is 98.0 Å². The van der Waals surface area contributed by atoms with E-state index < -0.39 is 0 Å². The van der Waals surface area contributed by atoms with Gasteiger partial charge in [0.15, 0.2) is 0 Å². The Bertz CT molecular complexity index is 927. The molecule has 0 spiro atoms. The Morgan fingerprint density at radius 3 is 2.23 bits per heavy atom. The normalized spacial score (nSPS) is 10.9. The maximum Gasteiger partial charge on any atom is 0.130 e. The Kier molecular flexibility index (Phi) is 5.37. The third-order valence-corrected chi connectivity index (χ3v) is 4.37. The van der Waals surface area contributed by atoms with E-state index in [1.807, 2.05) is 37.3 Å². The fourth-order valence-corrected chi connectivity index (χ4v) is 2.56. The van der Waals surface area contributed by atoms with Gasteiger partial charge in [-0.1, -0.05) is 18.2 Å². The minimum atomic E-state index is 0.818. The molecule has 132 valence electrons. The maximum absolute atomic E-state index is 5.98. The molecule has 0 heterocycles. The molecule has 0 aromatic heterocycles. The first kappa shape index (κ1) is 17.7. The summed E-state index contributed by atoms with van der Waals surface area (Å²) < 4.78 is 5.98. The molecule has 1 N–H and O–H groups in total. The number of ether oxygens (including phenoxy) is 1. The average Bonchev–Trinajstić information content (AvgIpc) is 2.63. The van der Waals surface area contributed by atoms with Crippen molar-refractivity contribution in [2.75, 3.05) is 5.43 Å². The molecule has 26 heavy (non-hydrogen) atoms. The van der Waals surface area contributed by atoms with Crippen LogP contribution in [0.4, 0.5) is 5.69 Å². The van der Waals surface area contributed by atoms with Crippen LogP contribution in [-0.2, 0) is 0 Å². The second-order valence-electron chi connectivity index (χ2n) is 6.61. The largest absolute Gasteiger partial charge is 0.457 e. The van der Waals surface area contributed by atoms with Crippen molar-refractivity contribution in [2.24, 2.45) is 5.10 Å². The summed E-state index contributed by atoms with van der Waals surface area (Å²) in [5.74, 6) is 1.71. The molecule has 0 saturated carbocycles. The summed E-state index contributed by atoms with van der Waals surface area (Å²) in [7, 11) is 0. The van der Waals surface area contributed by atoms with Gasteiger partial charge in [-0.15, -0.1) is 0 Å². The molecule has 3 aromatic rings. The summed E-state index contributed by atoms with van der Waals surface area (Å²) in [5, 5.41) is 4.31. The molecule has 0 aliphatic rings. The molecule has 0 atom stereocenters. The van der Waals surface area contributed by atoms with Crippen LogP contribution in [0, 0.1) is 27.7 Å². The molecule has 3 nitrogen and oxygen atoms in total. The summed E-state index contributed by atoms with van der Waals surface area (Å²) in [6, 6.07) is 20.3. The van der Waals surface area contributed by atoms with Crippen LogP contribution < -0.4 is 10.2 Å². The van der Waals surface area contributed by atoms with E-state index in [-0.39, 0.29) is 0 Å². The summed E-state index contributed by atoms with van der Waals surface area (Å²) in [4.78, 5) is 0. The van der Waals surface area contributed by atoms with E-state index in [1.54, 1.807) is 6.21 Å². The van der Waals surface area contributed by atoms with Gasteiger partial charge in [0, 0.05) is 0 Å². The lowest BCUT2D eigenvalue weighted by atomic mass is 10.1. The number of hydrogen-bond donors (Lipinski definition) is 1. The van der Waals surface area contributed by atoms with Crippen LogP contribution in [0.1, 0.15) is 27.8 Å². The number of anilines is 1. The van der Waals surface area contributed by atoms with Crippen molar-refractivity contribution in [1.29, 1.82) is 0 Å². The summed E-state index contributed by atoms with van der Waals surface area (Å²) >= 11 is 0. The molecule has 3 aromatic carbocycles. The fourth-order valence-electron chi connectivity index (χ4n) is 2.56. The Hall–Kier alpha value is -3.07. The number of benzene rings is 3. The van der Waals surface area contributed by atoms with Crippen LogP contribution >= 0.6 is 0 Å². The molecule has 3 heteroatoms. The first-order chi connectivity index (χ1) is 12.5. The molecule has 0 radical (unpaired) electrons. The predicted octanol–water partition coefficient (Wildman–Crippen LogP) is 6.16. The average molecular weight is 344 g/mol. The van der Waals surface area contributed by atoms with E-state index in [4.69, 9.17) is 4.74 Å². The van der Waals surface area contributed by atoms with E-state index in [9.17, 15) is 0 Å². The minimum absolute atomic E-state index is 0.818. The highest BCUT2D eigenvalue weighted by atomic mass is 16.5. The Labute approximate surface area is 155 Å². The zero-order valence-electron chi connectivity index (χ0n) is 15.7. The van der Waals surface area contributed by atoms with Gasteiger partial charge < -0.3 is 4.74 Å². The molecule has 3 rings (SSSR count). The third kappa shape index (κ3) is 4.51. The van der Waals surface area contributed by atoms with Crippen molar-refractivity contribution >= 4 is 11.9 Å². The van der Waals surface area contributed by atoms with Gasteiger partial charge in [-0.3, -0.25) is 5.43 Å². The summed E-state index contributed by atoms with van der Waals surface area (Å²) in [6.45, 7) is 8.31. The number of aryl methyl sites for hydroxylation is 4. The Morgan fingerprint density at radius 1 is 0.769 bits per heavy atom. The molecular weight excluding hydrogens is 320 g/mol. The van der Waals surface area contributed by atoms with E-state index in [0.29, 0.717) is 0 Å². The van der Waals surface area contributed by atoms with Gasteiger partial charge in [-0.25, -0.2) is 0 Å². The number of nitrogens with one attached hydrogen (secondary N) is 1. The number of rotatable bonds is 5. The van der Waals surface area contributed by atoms with Crippen LogP contribution in [0.15, 0.2) is 65.8 Å². The van der Waals surface area contributed by atoms with Crippen molar-refractivity contribution in [1.82, 2.24) is 0 Å². The van der Waals surface area contributed by atoms with Crippen molar-refractivity contribution < 1.29 is 4.74 Å². The number of nitrogens with zero attached hydrogens (tertiary/aromatic N) is 1. The zero-order chi connectivity index (χ0) is 18.5. The van der Waals surface area contributed by atoms with Crippen molar-refractivity contribution in [3.05, 3.63) is 88.5 Å². The lowest BCUT2D eigenvalue weighted by Crippen LogP contribution is -1.92. The summed E-state index contributed by atoms with van der Waals surface area (Å²) in [5.41, 5.74) is 9.90. The zero-order valence-corrected chi connectivity index (χ0v) is 15.7. The first-order valence-corrected chi connectivity index (χ1v) is 8.73. The maximum atomic E-state index is 5.98. The van der Waals surface area contributed by atoms with Gasteiger partial charge in [0.1, 0.15) is 11.5 Å². The Balaban J connectivity index is 1.63. The van der Waals surface area contributed by atoms with Gasteiger partial charge in [0.05, 0.1) is 11.9 Å². The third-order valence-electron chi connectivity index (χ3n) is 4.37. The molecule has 0 unspecified atom stereocenters. The highest BCUT2D eigenvalue weighted by Crippen LogP contribution is 2.26. The van der Waals surface area contributed by atoms with E-state index in [0.717, 1.165) is 28.3 Å². The predicted molar refractivity (Wildman–Crippen MR) is 110 cm³/mol. The molecule has 0 bridgehead atoms. The van der Waals surface area contributed by atoms with E-state index in [2.05, 4.69) is 61.6 Å². The van der Waals surface area contributed by atoms with Crippen molar-refractivity contribution in [3.8, 4) is 11.5 Å². The second-order valence-corrected chi connectivity index (χ2v) is 6.61. The molecular formula is C23H24N2O. The first-order valence-electron chi connectivity index (χ1n) is 8.73. The van der Waals surface area contributed by atoms with Gasteiger partial charge in [-0.2, -0.15) is 5.10 Å². The molecule has 0 aliphatic carbocycles. The highest BCUT2D eigenvalue weighted by molar-refractivity contribution is 5.80. The molecule has 0 fully saturated rings. The van der Waals surface area contributed by atoms with Gasteiger partial charge in [0.25, 0.3) is 0 Å². The minimum Gasteiger partial charge on any atom is -0.457 e. The topological polar surface area (TPSA) is 33.6 Å². The lowest BCUT2D eigenvalue weighted by Gasteiger charge is -2.09. The van der Waals surface area contributed by atoms with Gasteiger partial charge in [0.2, 0.25) is 0 Å².